The van der Waals surface area contributed by atoms with Crippen LogP contribution in [-0.2, 0) is 14.2 Å². The van der Waals surface area contributed by atoms with E-state index in [1.165, 1.54) is 12.1 Å². The maximum atomic E-state index is 14.3. The van der Waals surface area contributed by atoms with Crippen LogP contribution in [0.2, 0.25) is 5.28 Å². The summed E-state index contributed by atoms with van der Waals surface area (Å²) >= 11 is 6.22. The quantitative estimate of drug-likeness (QED) is 0.534. The summed E-state index contributed by atoms with van der Waals surface area (Å²) in [5, 5.41) is 13.5. The minimum atomic E-state index is -0.818. The largest absolute Gasteiger partial charge is 0.394 e. The van der Waals surface area contributed by atoms with Crippen LogP contribution in [0.1, 0.15) is 38.6 Å². The topological polar surface area (TPSA) is 90.7 Å². The Morgan fingerprint density at radius 1 is 1.21 bits per heavy atom. The van der Waals surface area contributed by atoms with E-state index in [1.807, 2.05) is 13.8 Å². The van der Waals surface area contributed by atoms with Gasteiger partial charge in [0.2, 0.25) is 5.28 Å². The van der Waals surface area contributed by atoms with Crippen molar-refractivity contribution < 1.29 is 28.1 Å². The number of fused-ring (bicyclic) bond motifs is 2. The van der Waals surface area contributed by atoms with Crippen molar-refractivity contribution in [3.8, 4) is 0 Å². The molecule has 0 radical (unpaired) electrons. The second kappa shape index (κ2) is 8.14. The number of anilines is 1. The Morgan fingerprint density at radius 2 is 1.97 bits per heavy atom. The summed E-state index contributed by atoms with van der Waals surface area (Å²) in [6.45, 7) is 5.13. The zero-order valence-electron chi connectivity index (χ0n) is 18.1. The van der Waals surface area contributed by atoms with Crippen LogP contribution in [0.5, 0.6) is 0 Å². The number of nitrogens with zero attached hydrogens (tertiary/aromatic N) is 3. The van der Waals surface area contributed by atoms with Crippen LogP contribution in [-0.4, -0.2) is 50.3 Å². The first-order valence-electron chi connectivity index (χ1n) is 10.5. The van der Waals surface area contributed by atoms with E-state index in [2.05, 4.69) is 15.3 Å². The molecule has 0 bridgehead atoms. The Balaban J connectivity index is 1.50. The Hall–Kier alpha value is -2.37. The molecule has 2 aromatic heterocycles. The third-order valence-electron chi connectivity index (χ3n) is 5.91. The van der Waals surface area contributed by atoms with Gasteiger partial charge in [-0.3, -0.25) is 0 Å². The zero-order valence-corrected chi connectivity index (χ0v) is 18.9. The fourth-order valence-electron chi connectivity index (χ4n) is 4.49. The summed E-state index contributed by atoms with van der Waals surface area (Å²) in [6.07, 6.45) is -0.318. The smallest absolute Gasteiger partial charge is 0.226 e. The predicted molar refractivity (Wildman–Crippen MR) is 116 cm³/mol. The van der Waals surface area contributed by atoms with E-state index in [0.29, 0.717) is 16.9 Å². The molecule has 2 aliphatic heterocycles. The van der Waals surface area contributed by atoms with Gasteiger partial charge in [0.05, 0.1) is 18.0 Å². The molecule has 11 heteroatoms. The Kier molecular flexibility index (Phi) is 5.53. The van der Waals surface area contributed by atoms with Gasteiger partial charge in [0, 0.05) is 17.8 Å². The molecule has 33 heavy (non-hydrogen) atoms. The summed E-state index contributed by atoms with van der Waals surface area (Å²) in [6, 6.07) is 4.68. The van der Waals surface area contributed by atoms with Crippen molar-refractivity contribution in [3.05, 3.63) is 52.9 Å². The normalized spacial score (nSPS) is 27.1. The number of hydrogen-bond acceptors (Lipinski definition) is 7. The Labute approximate surface area is 193 Å². The highest BCUT2D eigenvalue weighted by Crippen LogP contribution is 2.44. The van der Waals surface area contributed by atoms with E-state index in [0.717, 1.165) is 6.07 Å². The number of aromatic nitrogens is 3. The molecule has 2 fully saturated rings. The van der Waals surface area contributed by atoms with E-state index >= 15 is 0 Å². The molecule has 3 aromatic rings. The number of halogens is 3. The van der Waals surface area contributed by atoms with E-state index in [-0.39, 0.29) is 17.5 Å². The van der Waals surface area contributed by atoms with Crippen molar-refractivity contribution in [2.75, 3.05) is 11.9 Å². The summed E-state index contributed by atoms with van der Waals surface area (Å²) in [7, 11) is 0. The standard InChI is InChI=1S/C22H23ClF2N4O4/c1-10(12-5-4-11(24)8-14(12)25)26-18-13-6-7-29(19(13)28-21(23)27-18)20-17-16(15(9-30)31-20)32-22(2,3)33-17/h4-8,10,15-17,20,30H,9H2,1-3H3,(H,26,27,28)/t10-,15-,16-,17-,20-/m1/s1. The van der Waals surface area contributed by atoms with Crippen LogP contribution in [0.3, 0.4) is 0 Å². The third-order valence-corrected chi connectivity index (χ3v) is 6.08. The summed E-state index contributed by atoms with van der Waals surface area (Å²) in [5.74, 6) is -1.74. The molecule has 1 aromatic carbocycles. The molecule has 5 atom stereocenters. The van der Waals surface area contributed by atoms with Gasteiger partial charge in [-0.2, -0.15) is 4.98 Å². The van der Waals surface area contributed by atoms with Crippen LogP contribution in [0.25, 0.3) is 11.0 Å². The maximum absolute atomic E-state index is 14.3. The minimum Gasteiger partial charge on any atom is -0.394 e. The fraction of sp³-hybridized carbons (Fsp3) is 0.455. The Morgan fingerprint density at radius 3 is 2.70 bits per heavy atom. The van der Waals surface area contributed by atoms with Gasteiger partial charge in [0.1, 0.15) is 41.4 Å². The monoisotopic (exact) mass is 480 g/mol. The van der Waals surface area contributed by atoms with Gasteiger partial charge in [-0.15, -0.1) is 0 Å². The predicted octanol–water partition coefficient (Wildman–Crippen LogP) is 3.95. The SMILES string of the molecule is C[C@@H](Nc1nc(Cl)nc2c1ccn2[C@@H]1O[C@H](CO)[C@H]2OC(C)(C)O[C@H]21)c1ccc(F)cc1F. The van der Waals surface area contributed by atoms with Crippen molar-refractivity contribution in [1.82, 2.24) is 14.5 Å². The van der Waals surface area contributed by atoms with Gasteiger partial charge in [-0.25, -0.2) is 13.8 Å². The fourth-order valence-corrected chi connectivity index (χ4v) is 4.65. The summed E-state index contributed by atoms with van der Waals surface area (Å²) in [5.41, 5.74) is 0.755. The van der Waals surface area contributed by atoms with Crippen molar-refractivity contribution in [1.29, 1.82) is 0 Å². The van der Waals surface area contributed by atoms with E-state index < -0.39 is 48.0 Å². The molecule has 176 valence electrons. The number of aliphatic hydroxyl groups is 1. The lowest BCUT2D eigenvalue weighted by Crippen LogP contribution is -2.31. The Bertz CT molecular complexity index is 1210. The highest BCUT2D eigenvalue weighted by atomic mass is 35.5. The van der Waals surface area contributed by atoms with Crippen LogP contribution >= 0.6 is 11.6 Å². The van der Waals surface area contributed by atoms with E-state index in [1.54, 1.807) is 23.8 Å². The molecule has 2 aliphatic rings. The molecule has 0 saturated carbocycles. The molecule has 4 heterocycles. The lowest BCUT2D eigenvalue weighted by molar-refractivity contribution is -0.199. The number of nitrogens with one attached hydrogen (secondary N) is 1. The van der Waals surface area contributed by atoms with Gasteiger partial charge in [0.15, 0.2) is 12.0 Å². The zero-order chi connectivity index (χ0) is 23.5. The van der Waals surface area contributed by atoms with Gasteiger partial charge >= 0.3 is 0 Å². The first-order valence-corrected chi connectivity index (χ1v) is 10.9. The average molecular weight is 481 g/mol. The van der Waals surface area contributed by atoms with Crippen LogP contribution < -0.4 is 5.32 Å². The average Bonchev–Trinajstić information content (AvgIpc) is 3.38. The minimum absolute atomic E-state index is 0.0195. The van der Waals surface area contributed by atoms with Gasteiger partial charge in [-0.1, -0.05) is 6.07 Å². The number of benzene rings is 1. The lowest BCUT2D eigenvalue weighted by Gasteiger charge is -2.24. The maximum Gasteiger partial charge on any atom is 0.226 e. The summed E-state index contributed by atoms with van der Waals surface area (Å²) in [4.78, 5) is 8.64. The van der Waals surface area contributed by atoms with Crippen LogP contribution in [0.15, 0.2) is 30.5 Å². The molecule has 0 amide bonds. The van der Waals surface area contributed by atoms with Crippen molar-refractivity contribution >= 4 is 28.5 Å². The van der Waals surface area contributed by atoms with Crippen LogP contribution in [0, 0.1) is 11.6 Å². The molecular weight excluding hydrogens is 458 g/mol. The molecule has 0 spiro atoms. The number of hydrogen-bond donors (Lipinski definition) is 2. The molecule has 2 saturated heterocycles. The number of aliphatic hydroxyl groups excluding tert-OH is 1. The second-order valence-corrected chi connectivity index (χ2v) is 8.98. The molecule has 0 aliphatic carbocycles. The lowest BCUT2D eigenvalue weighted by atomic mass is 10.1. The number of rotatable bonds is 5. The highest BCUT2D eigenvalue weighted by molar-refractivity contribution is 6.28. The molecule has 2 N–H and O–H groups in total. The van der Waals surface area contributed by atoms with Gasteiger partial charge < -0.3 is 29.2 Å². The van der Waals surface area contributed by atoms with Crippen LogP contribution in [0.4, 0.5) is 14.6 Å². The summed E-state index contributed by atoms with van der Waals surface area (Å²) < 4.78 is 47.3. The molecule has 5 rings (SSSR count). The highest BCUT2D eigenvalue weighted by Gasteiger charge is 2.55. The molecular formula is C22H23ClF2N4O4. The van der Waals surface area contributed by atoms with E-state index in [4.69, 9.17) is 25.8 Å². The van der Waals surface area contributed by atoms with Crippen molar-refractivity contribution in [2.45, 2.75) is 57.1 Å². The van der Waals surface area contributed by atoms with Gasteiger partial charge in [-0.05, 0) is 44.5 Å². The van der Waals surface area contributed by atoms with Crippen molar-refractivity contribution in [2.24, 2.45) is 0 Å². The molecule has 8 nitrogen and oxygen atoms in total. The van der Waals surface area contributed by atoms with Crippen molar-refractivity contribution in [3.63, 3.8) is 0 Å². The van der Waals surface area contributed by atoms with Gasteiger partial charge in [0.25, 0.3) is 0 Å². The second-order valence-electron chi connectivity index (χ2n) is 8.65. The molecule has 0 unspecified atom stereocenters. The van der Waals surface area contributed by atoms with E-state index in [9.17, 15) is 13.9 Å². The third kappa shape index (κ3) is 3.95. The first kappa shape index (κ1) is 22.4. The number of ether oxygens (including phenoxy) is 3. The first-order chi connectivity index (χ1) is 15.7.